The third-order valence-corrected chi connectivity index (χ3v) is 3.53. The second kappa shape index (κ2) is 6.62. The normalized spacial score (nSPS) is 20.8. The monoisotopic (exact) mass is 311 g/mol. The van der Waals surface area contributed by atoms with Crippen molar-refractivity contribution < 1.29 is 23.4 Å². The van der Waals surface area contributed by atoms with Crippen molar-refractivity contribution in [3.63, 3.8) is 0 Å². The maximum atomic E-state index is 14.3. The number of amides is 1. The van der Waals surface area contributed by atoms with Crippen molar-refractivity contribution in [3.8, 4) is 5.75 Å². The lowest BCUT2D eigenvalue weighted by Crippen LogP contribution is -2.55. The van der Waals surface area contributed by atoms with E-state index in [4.69, 9.17) is 14.2 Å². The predicted molar refractivity (Wildman–Crippen MR) is 79.7 cm³/mol. The first-order valence-electron chi connectivity index (χ1n) is 7.16. The summed E-state index contributed by atoms with van der Waals surface area (Å²) < 4.78 is 30.2. The van der Waals surface area contributed by atoms with Crippen molar-refractivity contribution in [3.05, 3.63) is 29.6 Å². The minimum Gasteiger partial charge on any atom is -0.494 e. The smallest absolute Gasteiger partial charge is 0.257 e. The molecule has 0 unspecified atom stereocenters. The van der Waals surface area contributed by atoms with E-state index in [2.05, 4.69) is 0 Å². The van der Waals surface area contributed by atoms with Gasteiger partial charge in [-0.15, -0.1) is 0 Å². The highest BCUT2D eigenvalue weighted by molar-refractivity contribution is 5.95. The quantitative estimate of drug-likeness (QED) is 0.854. The summed E-state index contributed by atoms with van der Waals surface area (Å²) in [6.45, 7) is 4.94. The van der Waals surface area contributed by atoms with Gasteiger partial charge in [0.2, 0.25) is 0 Å². The molecule has 122 valence electrons. The van der Waals surface area contributed by atoms with E-state index >= 15 is 0 Å². The highest BCUT2D eigenvalue weighted by Crippen LogP contribution is 2.26. The van der Waals surface area contributed by atoms with Crippen LogP contribution in [0.4, 0.5) is 4.39 Å². The Balaban J connectivity index is 2.24. The molecule has 0 aromatic heterocycles. The summed E-state index contributed by atoms with van der Waals surface area (Å²) in [6, 6.07) is 4.56. The van der Waals surface area contributed by atoms with E-state index < -0.39 is 11.4 Å². The molecule has 0 N–H and O–H groups in total. The number of hydrogen-bond acceptors (Lipinski definition) is 4. The zero-order valence-corrected chi connectivity index (χ0v) is 13.4. The Morgan fingerprint density at radius 3 is 2.82 bits per heavy atom. The van der Waals surface area contributed by atoms with Crippen LogP contribution in [-0.2, 0) is 9.47 Å². The van der Waals surface area contributed by atoms with E-state index in [1.165, 1.54) is 19.2 Å². The van der Waals surface area contributed by atoms with Crippen LogP contribution < -0.4 is 4.74 Å². The SMILES string of the molecule is COC[C@@H]1CN(C(=O)c2cccc(OC)c2F)CC(C)(C)O1. The van der Waals surface area contributed by atoms with Crippen LogP contribution in [-0.4, -0.2) is 56.4 Å². The standard InChI is InChI=1S/C16H22FNO4/c1-16(2)10-18(8-11(22-16)9-20-3)15(19)12-6-5-7-13(21-4)14(12)17/h5-7,11H,8-10H2,1-4H3/t11-/m0/s1. The maximum absolute atomic E-state index is 14.3. The van der Waals surface area contributed by atoms with E-state index in [-0.39, 0.29) is 23.3 Å². The van der Waals surface area contributed by atoms with Crippen LogP contribution in [0.2, 0.25) is 0 Å². The van der Waals surface area contributed by atoms with Crippen LogP contribution in [0.3, 0.4) is 0 Å². The van der Waals surface area contributed by atoms with Crippen molar-refractivity contribution in [2.75, 3.05) is 33.9 Å². The molecule has 5 nitrogen and oxygen atoms in total. The average molecular weight is 311 g/mol. The highest BCUT2D eigenvalue weighted by Gasteiger charge is 2.36. The molecule has 1 aromatic carbocycles. The predicted octanol–water partition coefficient (Wildman–Crippen LogP) is 2.10. The Kier molecular flexibility index (Phi) is 5.03. The number of ether oxygens (including phenoxy) is 3. The van der Waals surface area contributed by atoms with E-state index in [0.29, 0.717) is 19.7 Å². The van der Waals surface area contributed by atoms with Crippen LogP contribution in [0, 0.1) is 5.82 Å². The largest absolute Gasteiger partial charge is 0.494 e. The van der Waals surface area contributed by atoms with E-state index in [9.17, 15) is 9.18 Å². The van der Waals surface area contributed by atoms with Crippen LogP contribution in [0.15, 0.2) is 18.2 Å². The second-order valence-corrected chi connectivity index (χ2v) is 5.96. The number of benzene rings is 1. The first-order chi connectivity index (χ1) is 10.4. The Hall–Kier alpha value is -1.66. The zero-order chi connectivity index (χ0) is 16.3. The van der Waals surface area contributed by atoms with Crippen molar-refractivity contribution in [1.82, 2.24) is 4.90 Å². The molecule has 1 heterocycles. The first-order valence-corrected chi connectivity index (χ1v) is 7.16. The van der Waals surface area contributed by atoms with Gasteiger partial charge >= 0.3 is 0 Å². The Morgan fingerprint density at radius 2 is 2.18 bits per heavy atom. The van der Waals surface area contributed by atoms with E-state index in [0.717, 1.165) is 0 Å². The molecule has 0 spiro atoms. The van der Waals surface area contributed by atoms with Crippen molar-refractivity contribution in [1.29, 1.82) is 0 Å². The van der Waals surface area contributed by atoms with E-state index in [1.54, 1.807) is 18.1 Å². The number of methoxy groups -OCH3 is 2. The van der Waals surface area contributed by atoms with Crippen molar-refractivity contribution >= 4 is 5.91 Å². The molecule has 1 aliphatic heterocycles. The molecule has 0 aliphatic carbocycles. The summed E-state index contributed by atoms with van der Waals surface area (Å²) in [4.78, 5) is 14.3. The van der Waals surface area contributed by atoms with Crippen LogP contribution in [0.1, 0.15) is 24.2 Å². The molecule has 1 amide bonds. The van der Waals surface area contributed by atoms with Gasteiger partial charge in [0.05, 0.1) is 31.0 Å². The Bertz CT molecular complexity index is 547. The summed E-state index contributed by atoms with van der Waals surface area (Å²) in [5.74, 6) is -0.941. The minimum atomic E-state index is -0.636. The number of carbonyl (C=O) groups is 1. The lowest BCUT2D eigenvalue weighted by Gasteiger charge is -2.42. The van der Waals surface area contributed by atoms with Gasteiger partial charge in [0.25, 0.3) is 5.91 Å². The summed E-state index contributed by atoms with van der Waals surface area (Å²) >= 11 is 0. The van der Waals surface area contributed by atoms with Crippen LogP contribution >= 0.6 is 0 Å². The summed E-state index contributed by atoms with van der Waals surface area (Å²) in [7, 11) is 2.96. The van der Waals surface area contributed by atoms with Crippen LogP contribution in [0.5, 0.6) is 5.75 Å². The van der Waals surface area contributed by atoms with Gasteiger partial charge in [0.1, 0.15) is 0 Å². The molecule has 1 atom stereocenters. The van der Waals surface area contributed by atoms with Gasteiger partial charge in [-0.2, -0.15) is 0 Å². The topological polar surface area (TPSA) is 48.0 Å². The number of morpholine rings is 1. The van der Waals surface area contributed by atoms with Gasteiger partial charge in [-0.1, -0.05) is 6.07 Å². The number of halogens is 1. The molecule has 1 aromatic rings. The van der Waals surface area contributed by atoms with Gasteiger partial charge in [-0.3, -0.25) is 4.79 Å². The third kappa shape index (κ3) is 3.56. The molecule has 0 bridgehead atoms. The van der Waals surface area contributed by atoms with Crippen molar-refractivity contribution in [2.24, 2.45) is 0 Å². The molecule has 1 fully saturated rings. The third-order valence-electron chi connectivity index (χ3n) is 3.53. The number of nitrogens with zero attached hydrogens (tertiary/aromatic N) is 1. The molecular formula is C16H22FNO4. The maximum Gasteiger partial charge on any atom is 0.257 e. The molecule has 2 rings (SSSR count). The lowest BCUT2D eigenvalue weighted by atomic mass is 10.0. The molecule has 22 heavy (non-hydrogen) atoms. The number of carbonyl (C=O) groups excluding carboxylic acids is 1. The molecule has 1 saturated heterocycles. The summed E-state index contributed by atoms with van der Waals surface area (Å²) in [6.07, 6.45) is -0.230. The second-order valence-electron chi connectivity index (χ2n) is 5.96. The molecule has 6 heteroatoms. The Morgan fingerprint density at radius 1 is 1.45 bits per heavy atom. The van der Waals surface area contributed by atoms with Crippen LogP contribution in [0.25, 0.3) is 0 Å². The van der Waals surface area contributed by atoms with Gasteiger partial charge in [0, 0.05) is 20.2 Å². The molecule has 0 radical (unpaired) electrons. The summed E-state index contributed by atoms with van der Waals surface area (Å²) in [5.41, 5.74) is -0.500. The van der Waals surface area contributed by atoms with E-state index in [1.807, 2.05) is 13.8 Å². The summed E-state index contributed by atoms with van der Waals surface area (Å²) in [5, 5.41) is 0. The average Bonchev–Trinajstić information content (AvgIpc) is 2.45. The molecule has 1 aliphatic rings. The molecular weight excluding hydrogens is 289 g/mol. The van der Waals surface area contributed by atoms with Gasteiger partial charge in [-0.05, 0) is 26.0 Å². The first kappa shape index (κ1) is 16.7. The minimum absolute atomic E-state index is 0.00761. The van der Waals surface area contributed by atoms with Gasteiger partial charge < -0.3 is 19.1 Å². The van der Waals surface area contributed by atoms with Gasteiger partial charge in [0.15, 0.2) is 11.6 Å². The number of rotatable bonds is 4. The van der Waals surface area contributed by atoms with Gasteiger partial charge in [-0.25, -0.2) is 4.39 Å². The molecule has 0 saturated carbocycles. The van der Waals surface area contributed by atoms with Crippen molar-refractivity contribution in [2.45, 2.75) is 25.6 Å². The fraction of sp³-hybridized carbons (Fsp3) is 0.562. The lowest BCUT2D eigenvalue weighted by molar-refractivity contribution is -0.143. The fourth-order valence-electron chi connectivity index (χ4n) is 2.73. The number of hydrogen-bond donors (Lipinski definition) is 0. The highest BCUT2D eigenvalue weighted by atomic mass is 19.1. The fourth-order valence-corrected chi connectivity index (χ4v) is 2.73. The zero-order valence-electron chi connectivity index (χ0n) is 13.4. The Labute approximate surface area is 130 Å².